The lowest BCUT2D eigenvalue weighted by Gasteiger charge is -2.09. The lowest BCUT2D eigenvalue weighted by atomic mass is 10.3. The van der Waals surface area contributed by atoms with E-state index in [0.29, 0.717) is 16.5 Å². The van der Waals surface area contributed by atoms with Crippen LogP contribution >= 0.6 is 11.6 Å². The largest absolute Gasteiger partial charge is 0.495 e. The summed E-state index contributed by atoms with van der Waals surface area (Å²) in [6.07, 6.45) is 1.46. The van der Waals surface area contributed by atoms with Crippen LogP contribution in [0.1, 0.15) is 0 Å². The van der Waals surface area contributed by atoms with Gasteiger partial charge in [0.15, 0.2) is 6.61 Å². The number of amides is 1. The fraction of sp³-hybridized carbons (Fsp3) is 0.188. The summed E-state index contributed by atoms with van der Waals surface area (Å²) in [7, 11) is 1.48. The summed E-state index contributed by atoms with van der Waals surface area (Å²) < 4.78 is 11.0. The minimum Gasteiger partial charge on any atom is -0.495 e. The fourth-order valence-electron chi connectivity index (χ4n) is 1.86. The molecule has 126 valence electrons. The van der Waals surface area contributed by atoms with E-state index in [1.807, 2.05) is 0 Å². The number of halogens is 1. The molecule has 1 heterocycles. The number of nitrogens with zero attached hydrogens (tertiary/aromatic N) is 1. The van der Waals surface area contributed by atoms with Gasteiger partial charge in [0.1, 0.15) is 12.3 Å². The Hall–Kier alpha value is -2.80. The average Bonchev–Trinajstić information content (AvgIpc) is 2.55. The highest BCUT2D eigenvalue weighted by Gasteiger charge is 2.10. The van der Waals surface area contributed by atoms with Gasteiger partial charge in [-0.3, -0.25) is 14.4 Å². The second-order valence-electron chi connectivity index (χ2n) is 4.72. The molecule has 0 spiro atoms. The van der Waals surface area contributed by atoms with Gasteiger partial charge in [-0.25, -0.2) is 0 Å². The van der Waals surface area contributed by atoms with E-state index in [-0.39, 0.29) is 12.1 Å². The Kier molecular flexibility index (Phi) is 5.97. The van der Waals surface area contributed by atoms with Crippen LogP contribution in [0.5, 0.6) is 5.75 Å². The summed E-state index contributed by atoms with van der Waals surface area (Å²) in [6, 6.07) is 9.24. The van der Waals surface area contributed by atoms with Gasteiger partial charge in [0, 0.05) is 18.0 Å². The predicted octanol–water partition coefficient (Wildman–Crippen LogP) is 1.69. The van der Waals surface area contributed by atoms with E-state index in [1.165, 1.54) is 30.0 Å². The highest BCUT2D eigenvalue weighted by Crippen LogP contribution is 2.27. The van der Waals surface area contributed by atoms with Gasteiger partial charge in [0.2, 0.25) is 0 Å². The van der Waals surface area contributed by atoms with Crippen LogP contribution in [-0.2, 0) is 20.9 Å². The Morgan fingerprint density at radius 1 is 1.25 bits per heavy atom. The Morgan fingerprint density at radius 2 is 2.04 bits per heavy atom. The number of hydrogen-bond donors (Lipinski definition) is 1. The van der Waals surface area contributed by atoms with Crippen LogP contribution in [0.15, 0.2) is 47.4 Å². The Labute approximate surface area is 142 Å². The van der Waals surface area contributed by atoms with Crippen molar-refractivity contribution in [2.45, 2.75) is 6.54 Å². The van der Waals surface area contributed by atoms with E-state index >= 15 is 0 Å². The number of carbonyl (C=O) groups is 2. The second-order valence-corrected chi connectivity index (χ2v) is 5.13. The van der Waals surface area contributed by atoms with Crippen molar-refractivity contribution in [3.8, 4) is 5.75 Å². The maximum Gasteiger partial charge on any atom is 0.326 e. The fourth-order valence-corrected chi connectivity index (χ4v) is 2.12. The summed E-state index contributed by atoms with van der Waals surface area (Å²) >= 11 is 5.95. The molecule has 0 aliphatic rings. The van der Waals surface area contributed by atoms with Gasteiger partial charge in [-0.2, -0.15) is 0 Å². The lowest BCUT2D eigenvalue weighted by Crippen LogP contribution is -2.26. The summed E-state index contributed by atoms with van der Waals surface area (Å²) in [4.78, 5) is 34.9. The standard InChI is InChI=1S/C16H15ClN2O5/c1-23-13-6-5-11(8-12(13)17)18-14(20)10-24-16(22)9-19-7-3-2-4-15(19)21/h2-8H,9-10H2,1H3,(H,18,20). The molecule has 8 heteroatoms. The molecule has 0 saturated heterocycles. The van der Waals surface area contributed by atoms with Crippen LogP contribution in [0.2, 0.25) is 5.02 Å². The second kappa shape index (κ2) is 8.16. The third-order valence-corrected chi connectivity index (χ3v) is 3.29. The molecule has 1 N–H and O–H groups in total. The Morgan fingerprint density at radius 3 is 2.71 bits per heavy atom. The number of hydrogen-bond acceptors (Lipinski definition) is 5. The smallest absolute Gasteiger partial charge is 0.326 e. The van der Waals surface area contributed by atoms with Crippen molar-refractivity contribution in [1.29, 1.82) is 0 Å². The van der Waals surface area contributed by atoms with Gasteiger partial charge < -0.3 is 19.4 Å². The van der Waals surface area contributed by atoms with Gasteiger partial charge in [-0.1, -0.05) is 17.7 Å². The normalized spacial score (nSPS) is 10.1. The van der Waals surface area contributed by atoms with E-state index in [2.05, 4.69) is 5.32 Å². The van der Waals surface area contributed by atoms with Crippen molar-refractivity contribution < 1.29 is 19.1 Å². The molecule has 0 radical (unpaired) electrons. The molecular formula is C16H15ClN2O5. The molecule has 0 aliphatic carbocycles. The Bertz CT molecular complexity index is 803. The lowest BCUT2D eigenvalue weighted by molar-refractivity contribution is -0.147. The topological polar surface area (TPSA) is 86.6 Å². The maximum absolute atomic E-state index is 11.8. The highest BCUT2D eigenvalue weighted by atomic mass is 35.5. The maximum atomic E-state index is 11.8. The van der Waals surface area contributed by atoms with Gasteiger partial charge >= 0.3 is 5.97 Å². The Balaban J connectivity index is 1.84. The number of benzene rings is 1. The molecule has 0 unspecified atom stereocenters. The number of methoxy groups -OCH3 is 1. The van der Waals surface area contributed by atoms with Crippen LogP contribution in [0, 0.1) is 0 Å². The molecule has 2 aromatic rings. The van der Waals surface area contributed by atoms with Gasteiger partial charge in [0.05, 0.1) is 12.1 Å². The molecule has 0 fully saturated rings. The molecule has 7 nitrogen and oxygen atoms in total. The number of rotatable bonds is 6. The first kappa shape index (κ1) is 17.6. The number of pyridine rings is 1. The SMILES string of the molecule is COc1ccc(NC(=O)COC(=O)Cn2ccccc2=O)cc1Cl. The van der Waals surface area contributed by atoms with E-state index < -0.39 is 18.5 Å². The van der Waals surface area contributed by atoms with Gasteiger partial charge in [-0.15, -0.1) is 0 Å². The van der Waals surface area contributed by atoms with E-state index in [1.54, 1.807) is 24.3 Å². The molecular weight excluding hydrogens is 336 g/mol. The molecule has 1 amide bonds. The average molecular weight is 351 g/mol. The zero-order valence-corrected chi connectivity index (χ0v) is 13.6. The van der Waals surface area contributed by atoms with Crippen molar-refractivity contribution in [1.82, 2.24) is 4.57 Å². The third kappa shape index (κ3) is 4.85. The summed E-state index contributed by atoms with van der Waals surface area (Å²) in [5.74, 6) is -0.731. The molecule has 0 saturated carbocycles. The first-order valence-electron chi connectivity index (χ1n) is 6.94. The number of carbonyl (C=O) groups excluding carboxylic acids is 2. The van der Waals surface area contributed by atoms with Crippen LogP contribution in [0.4, 0.5) is 5.69 Å². The van der Waals surface area contributed by atoms with Crippen molar-refractivity contribution >= 4 is 29.2 Å². The number of aromatic nitrogens is 1. The first-order valence-corrected chi connectivity index (χ1v) is 7.32. The van der Waals surface area contributed by atoms with E-state index in [9.17, 15) is 14.4 Å². The number of anilines is 1. The molecule has 24 heavy (non-hydrogen) atoms. The molecule has 0 atom stereocenters. The zero-order chi connectivity index (χ0) is 17.5. The molecule has 0 aliphatic heterocycles. The monoisotopic (exact) mass is 350 g/mol. The van der Waals surface area contributed by atoms with Crippen LogP contribution in [0.25, 0.3) is 0 Å². The minimum atomic E-state index is -0.689. The number of nitrogens with one attached hydrogen (secondary N) is 1. The van der Waals surface area contributed by atoms with Gasteiger partial charge in [-0.05, 0) is 24.3 Å². The molecule has 0 bridgehead atoms. The summed E-state index contributed by atoms with van der Waals surface area (Å²) in [5, 5.41) is 2.88. The van der Waals surface area contributed by atoms with Crippen molar-refractivity contribution in [2.75, 3.05) is 19.0 Å². The summed E-state index contributed by atoms with van der Waals surface area (Å²) in [6.45, 7) is -0.731. The highest BCUT2D eigenvalue weighted by molar-refractivity contribution is 6.32. The number of esters is 1. The predicted molar refractivity (Wildman–Crippen MR) is 88.3 cm³/mol. The molecule has 1 aromatic carbocycles. The first-order chi connectivity index (χ1) is 11.5. The van der Waals surface area contributed by atoms with E-state index in [4.69, 9.17) is 21.1 Å². The quantitative estimate of drug-likeness (QED) is 0.801. The van der Waals surface area contributed by atoms with Crippen LogP contribution in [-0.4, -0.2) is 30.2 Å². The molecule has 1 aromatic heterocycles. The van der Waals surface area contributed by atoms with Crippen LogP contribution in [0.3, 0.4) is 0 Å². The van der Waals surface area contributed by atoms with E-state index in [0.717, 1.165) is 0 Å². The third-order valence-electron chi connectivity index (χ3n) is 3.00. The van der Waals surface area contributed by atoms with Crippen molar-refractivity contribution in [3.05, 3.63) is 58.0 Å². The van der Waals surface area contributed by atoms with Crippen molar-refractivity contribution in [2.24, 2.45) is 0 Å². The van der Waals surface area contributed by atoms with Crippen molar-refractivity contribution in [3.63, 3.8) is 0 Å². The molecule has 2 rings (SSSR count). The zero-order valence-electron chi connectivity index (χ0n) is 12.8. The number of ether oxygens (including phenoxy) is 2. The summed E-state index contributed by atoms with van der Waals surface area (Å²) in [5.41, 5.74) is 0.118. The minimum absolute atomic E-state index is 0.263. The van der Waals surface area contributed by atoms with Crippen LogP contribution < -0.4 is 15.6 Å². The van der Waals surface area contributed by atoms with Gasteiger partial charge in [0.25, 0.3) is 11.5 Å².